The van der Waals surface area contributed by atoms with Gasteiger partial charge in [0.25, 0.3) is 5.91 Å². The Kier molecular flexibility index (Phi) is 5.23. The molecule has 6 nitrogen and oxygen atoms in total. The standard InChI is InChI=1S/C12H14F6N4O2/c1-10(24,12(16,17)18)4-21-9(23)7-6(19)3-5(11(13,14)15)8(20-2)22-7/h3,24H,4,19H2,1-2H3,(H,20,22)(H,21,23). The molecule has 5 N–H and O–H groups in total. The first-order chi connectivity index (χ1) is 10.7. The quantitative estimate of drug-likeness (QED) is 0.613. The van der Waals surface area contributed by atoms with Gasteiger partial charge < -0.3 is 21.5 Å². The van der Waals surface area contributed by atoms with Crippen LogP contribution in [0.2, 0.25) is 0 Å². The van der Waals surface area contributed by atoms with Crippen molar-refractivity contribution in [3.05, 3.63) is 17.3 Å². The van der Waals surface area contributed by atoms with Crippen LogP contribution in [0.25, 0.3) is 0 Å². The van der Waals surface area contributed by atoms with Gasteiger partial charge in [0.2, 0.25) is 0 Å². The number of nitrogen functional groups attached to an aromatic ring is 1. The van der Waals surface area contributed by atoms with E-state index in [0.29, 0.717) is 13.0 Å². The van der Waals surface area contributed by atoms with Crippen molar-refractivity contribution in [2.45, 2.75) is 24.9 Å². The summed E-state index contributed by atoms with van der Waals surface area (Å²) < 4.78 is 75.8. The van der Waals surface area contributed by atoms with Gasteiger partial charge in [-0.05, 0) is 13.0 Å². The molecule has 1 aromatic rings. The van der Waals surface area contributed by atoms with Gasteiger partial charge in [0.1, 0.15) is 5.82 Å². The molecule has 0 spiro atoms. The molecule has 1 aromatic heterocycles. The number of rotatable bonds is 4. The van der Waals surface area contributed by atoms with Crippen LogP contribution in [0.1, 0.15) is 23.0 Å². The normalized spacial score (nSPS) is 14.9. The number of halogens is 6. The molecule has 0 bridgehead atoms. The molecule has 1 heterocycles. The van der Waals surface area contributed by atoms with Crippen LogP contribution in [0.5, 0.6) is 0 Å². The van der Waals surface area contributed by atoms with E-state index in [0.717, 1.165) is 7.05 Å². The molecule has 24 heavy (non-hydrogen) atoms. The number of amides is 1. The second kappa shape index (κ2) is 6.34. The molecule has 0 radical (unpaired) electrons. The number of alkyl halides is 6. The smallest absolute Gasteiger partial charge is 0.397 e. The molecule has 1 amide bonds. The first kappa shape index (κ1) is 19.8. The summed E-state index contributed by atoms with van der Waals surface area (Å²) in [4.78, 5) is 15.2. The lowest BCUT2D eigenvalue weighted by Crippen LogP contribution is -2.51. The predicted octanol–water partition coefficient (Wildman–Crippen LogP) is 1.77. The number of aromatic nitrogens is 1. The number of carbonyl (C=O) groups is 1. The third kappa shape index (κ3) is 4.19. The van der Waals surface area contributed by atoms with E-state index in [-0.39, 0.29) is 0 Å². The average molecular weight is 360 g/mol. The Labute approximate surface area is 132 Å². The summed E-state index contributed by atoms with van der Waals surface area (Å²) in [6.45, 7) is -0.803. The second-order valence-electron chi connectivity index (χ2n) is 5.02. The minimum atomic E-state index is -5.02. The number of pyridine rings is 1. The summed E-state index contributed by atoms with van der Waals surface area (Å²) in [7, 11) is 1.11. The molecule has 1 atom stereocenters. The van der Waals surface area contributed by atoms with Crippen molar-refractivity contribution in [2.75, 3.05) is 24.6 Å². The van der Waals surface area contributed by atoms with Crippen molar-refractivity contribution >= 4 is 17.4 Å². The fourth-order valence-corrected chi connectivity index (χ4v) is 1.55. The van der Waals surface area contributed by atoms with Crippen molar-refractivity contribution in [1.29, 1.82) is 0 Å². The van der Waals surface area contributed by atoms with E-state index in [2.05, 4.69) is 10.3 Å². The Morgan fingerprint density at radius 2 is 1.83 bits per heavy atom. The highest BCUT2D eigenvalue weighted by atomic mass is 19.4. The molecular formula is C12H14F6N4O2. The fraction of sp³-hybridized carbons (Fsp3) is 0.500. The molecule has 0 fully saturated rings. The van der Waals surface area contributed by atoms with Gasteiger partial charge in [-0.2, -0.15) is 26.3 Å². The maximum Gasteiger partial charge on any atom is 0.420 e. The number of aliphatic hydroxyl groups is 1. The number of hydrogen-bond acceptors (Lipinski definition) is 5. The van der Waals surface area contributed by atoms with Gasteiger partial charge >= 0.3 is 12.4 Å². The van der Waals surface area contributed by atoms with E-state index < -0.39 is 53.2 Å². The summed E-state index contributed by atoms with van der Waals surface area (Å²) in [6.07, 6.45) is -9.82. The molecule has 12 heteroatoms. The maximum atomic E-state index is 12.8. The number of anilines is 2. The van der Waals surface area contributed by atoms with Gasteiger partial charge in [0.15, 0.2) is 11.3 Å². The van der Waals surface area contributed by atoms with Gasteiger partial charge in [-0.3, -0.25) is 4.79 Å². The monoisotopic (exact) mass is 360 g/mol. The number of carbonyl (C=O) groups excluding carboxylic acids is 1. The summed E-state index contributed by atoms with van der Waals surface area (Å²) >= 11 is 0. The molecule has 1 rings (SSSR count). The SMILES string of the molecule is CNc1nc(C(=O)NCC(C)(O)C(F)(F)F)c(N)cc1C(F)(F)F. The molecule has 0 aliphatic rings. The van der Waals surface area contributed by atoms with Crippen LogP contribution in [0.4, 0.5) is 37.8 Å². The van der Waals surface area contributed by atoms with Gasteiger partial charge in [0, 0.05) is 7.05 Å². The first-order valence-corrected chi connectivity index (χ1v) is 6.33. The first-order valence-electron chi connectivity index (χ1n) is 6.33. The van der Waals surface area contributed by atoms with Crippen LogP contribution in [-0.2, 0) is 6.18 Å². The van der Waals surface area contributed by atoms with E-state index in [1.807, 2.05) is 0 Å². The van der Waals surface area contributed by atoms with Crippen LogP contribution >= 0.6 is 0 Å². The molecule has 0 saturated heterocycles. The highest BCUT2D eigenvalue weighted by Crippen LogP contribution is 2.35. The zero-order valence-electron chi connectivity index (χ0n) is 12.4. The maximum absolute atomic E-state index is 12.8. The Morgan fingerprint density at radius 3 is 2.25 bits per heavy atom. The predicted molar refractivity (Wildman–Crippen MR) is 72.2 cm³/mol. The number of nitrogens with one attached hydrogen (secondary N) is 2. The van der Waals surface area contributed by atoms with Gasteiger partial charge in [-0.1, -0.05) is 0 Å². The highest BCUT2D eigenvalue weighted by Gasteiger charge is 2.50. The largest absolute Gasteiger partial charge is 0.420 e. The van der Waals surface area contributed by atoms with Crippen LogP contribution in [0.3, 0.4) is 0 Å². The van der Waals surface area contributed by atoms with Gasteiger partial charge in [0.05, 0.1) is 17.8 Å². The topological polar surface area (TPSA) is 100 Å². The third-order valence-electron chi connectivity index (χ3n) is 3.01. The van der Waals surface area contributed by atoms with Crippen LogP contribution in [0, 0.1) is 0 Å². The zero-order chi connectivity index (χ0) is 18.9. The number of hydrogen-bond donors (Lipinski definition) is 4. The molecule has 136 valence electrons. The molecule has 0 saturated carbocycles. The molecule has 0 aromatic carbocycles. The molecule has 0 aliphatic heterocycles. The van der Waals surface area contributed by atoms with E-state index in [4.69, 9.17) is 5.73 Å². The van der Waals surface area contributed by atoms with Gasteiger partial charge in [-0.25, -0.2) is 4.98 Å². The van der Waals surface area contributed by atoms with Crippen LogP contribution in [0.15, 0.2) is 6.07 Å². The summed E-state index contributed by atoms with van der Waals surface area (Å²) in [6, 6.07) is 0.440. The Hall–Kier alpha value is -2.24. The Morgan fingerprint density at radius 1 is 1.29 bits per heavy atom. The van der Waals surface area contributed by atoms with Crippen LogP contribution in [-0.4, -0.2) is 41.4 Å². The Bertz CT molecular complexity index is 627. The van der Waals surface area contributed by atoms with Gasteiger partial charge in [-0.15, -0.1) is 0 Å². The zero-order valence-corrected chi connectivity index (χ0v) is 12.4. The number of nitrogens with two attached hydrogens (primary N) is 1. The molecule has 0 aliphatic carbocycles. The second-order valence-corrected chi connectivity index (χ2v) is 5.02. The molecular weight excluding hydrogens is 346 g/mol. The van der Waals surface area contributed by atoms with Crippen molar-refractivity contribution in [1.82, 2.24) is 10.3 Å². The summed E-state index contributed by atoms with van der Waals surface area (Å²) in [5.74, 6) is -1.98. The van der Waals surface area contributed by atoms with Crippen molar-refractivity contribution < 1.29 is 36.2 Å². The van der Waals surface area contributed by atoms with Crippen molar-refractivity contribution in [3.8, 4) is 0 Å². The summed E-state index contributed by atoms with van der Waals surface area (Å²) in [5.41, 5.74) is -0.509. The lowest BCUT2D eigenvalue weighted by Gasteiger charge is -2.26. The number of nitrogens with zero attached hydrogens (tertiary/aromatic N) is 1. The highest BCUT2D eigenvalue weighted by molar-refractivity contribution is 5.97. The minimum absolute atomic E-state index is 0.426. The third-order valence-corrected chi connectivity index (χ3v) is 3.01. The van der Waals surface area contributed by atoms with E-state index in [1.165, 1.54) is 0 Å². The van der Waals surface area contributed by atoms with Crippen molar-refractivity contribution in [2.24, 2.45) is 0 Å². The molecule has 1 unspecified atom stereocenters. The van der Waals surface area contributed by atoms with Crippen molar-refractivity contribution in [3.63, 3.8) is 0 Å². The summed E-state index contributed by atoms with van der Waals surface area (Å²) in [5, 5.41) is 13.1. The average Bonchev–Trinajstić information content (AvgIpc) is 2.42. The van der Waals surface area contributed by atoms with E-state index in [9.17, 15) is 36.2 Å². The fourth-order valence-electron chi connectivity index (χ4n) is 1.55. The van der Waals surface area contributed by atoms with E-state index >= 15 is 0 Å². The lowest BCUT2D eigenvalue weighted by atomic mass is 10.1. The van der Waals surface area contributed by atoms with E-state index in [1.54, 1.807) is 5.32 Å². The lowest BCUT2D eigenvalue weighted by molar-refractivity contribution is -0.249. The van der Waals surface area contributed by atoms with Crippen LogP contribution < -0.4 is 16.4 Å². The Balaban J connectivity index is 3.09. The minimum Gasteiger partial charge on any atom is -0.397 e.